The van der Waals surface area contributed by atoms with Crippen molar-refractivity contribution in [3.63, 3.8) is 0 Å². The summed E-state index contributed by atoms with van der Waals surface area (Å²) in [7, 11) is 2.78. The highest BCUT2D eigenvalue weighted by Crippen LogP contribution is 2.65. The largest absolute Gasteiger partial charge is 0.125 e. The molecular formula is C15H26B. The summed E-state index contributed by atoms with van der Waals surface area (Å²) in [5.41, 5.74) is 0. The van der Waals surface area contributed by atoms with E-state index < -0.39 is 0 Å². The van der Waals surface area contributed by atoms with E-state index in [-0.39, 0.29) is 0 Å². The number of rotatable bonds is 3. The second-order valence-corrected chi connectivity index (χ2v) is 7.77. The van der Waals surface area contributed by atoms with Crippen LogP contribution in [0.4, 0.5) is 0 Å². The molecule has 4 rings (SSSR count). The van der Waals surface area contributed by atoms with Crippen LogP contribution in [0.15, 0.2) is 0 Å². The molecule has 0 atom stereocenters. The van der Waals surface area contributed by atoms with Crippen molar-refractivity contribution in [3.8, 4) is 0 Å². The van der Waals surface area contributed by atoms with E-state index in [2.05, 4.69) is 28.1 Å². The molecule has 0 aliphatic heterocycles. The van der Waals surface area contributed by atoms with Crippen LogP contribution >= 0.6 is 0 Å². The van der Waals surface area contributed by atoms with Gasteiger partial charge in [0.1, 0.15) is 7.28 Å². The van der Waals surface area contributed by atoms with Gasteiger partial charge < -0.3 is 0 Å². The first-order valence-corrected chi connectivity index (χ1v) is 7.37. The van der Waals surface area contributed by atoms with Crippen LogP contribution in [0.5, 0.6) is 0 Å². The monoisotopic (exact) mass is 217 g/mol. The van der Waals surface area contributed by atoms with Crippen LogP contribution in [0.3, 0.4) is 0 Å². The first kappa shape index (κ1) is 11.2. The molecule has 4 saturated carbocycles. The fourth-order valence-electron chi connectivity index (χ4n) is 5.29. The molecule has 0 aromatic carbocycles. The summed E-state index contributed by atoms with van der Waals surface area (Å²) >= 11 is 0. The third-order valence-corrected chi connectivity index (χ3v) is 5.69. The van der Waals surface area contributed by atoms with E-state index in [1.807, 2.05) is 0 Å². The topological polar surface area (TPSA) is 0 Å². The number of hydrogen-bond acceptors (Lipinski definition) is 0. The highest BCUT2D eigenvalue weighted by molar-refractivity contribution is 6.44. The van der Waals surface area contributed by atoms with Gasteiger partial charge in [-0.3, -0.25) is 0 Å². The fraction of sp³-hybridized carbons (Fsp3) is 1.00. The van der Waals surface area contributed by atoms with Crippen LogP contribution in [0, 0.1) is 17.8 Å². The Balaban J connectivity index is 1.78. The van der Waals surface area contributed by atoms with Crippen molar-refractivity contribution in [1.29, 1.82) is 0 Å². The minimum atomic E-state index is 0.464. The molecule has 4 aliphatic carbocycles. The maximum absolute atomic E-state index is 2.78. The highest BCUT2D eigenvalue weighted by Gasteiger charge is 2.52. The Labute approximate surface area is 102 Å². The summed E-state index contributed by atoms with van der Waals surface area (Å²) in [4.78, 5) is 0. The molecule has 1 radical (unpaired) electrons. The lowest BCUT2D eigenvalue weighted by molar-refractivity contribution is 0.0273. The molecular weight excluding hydrogens is 191 g/mol. The standard InChI is InChI=1S/C15H26B/c1-4-14(2,3)16-15-8-11-5-12(9-15)7-13(6-11)10-15/h11-13H,4-10H2,1-3H3. The maximum Gasteiger partial charge on any atom is 0.125 e. The van der Waals surface area contributed by atoms with E-state index >= 15 is 0 Å². The molecule has 0 amide bonds. The molecule has 4 fully saturated rings. The van der Waals surface area contributed by atoms with Gasteiger partial charge >= 0.3 is 0 Å². The molecule has 16 heavy (non-hydrogen) atoms. The predicted molar refractivity (Wildman–Crippen MR) is 71.0 cm³/mol. The zero-order chi connectivity index (χ0) is 11.4. The predicted octanol–water partition coefficient (Wildman–Crippen LogP) is 4.69. The van der Waals surface area contributed by atoms with E-state index in [0.717, 1.165) is 17.8 Å². The molecule has 0 spiro atoms. The Morgan fingerprint density at radius 3 is 1.81 bits per heavy atom. The highest BCUT2D eigenvalue weighted by atomic mass is 14.5. The average Bonchev–Trinajstić information content (AvgIpc) is 2.13. The molecule has 0 unspecified atom stereocenters. The normalized spacial score (nSPS) is 46.1. The van der Waals surface area contributed by atoms with E-state index in [9.17, 15) is 0 Å². The Morgan fingerprint density at radius 2 is 1.44 bits per heavy atom. The fourth-order valence-corrected chi connectivity index (χ4v) is 5.29. The molecule has 4 bridgehead atoms. The zero-order valence-corrected chi connectivity index (χ0v) is 11.3. The lowest BCUT2D eigenvalue weighted by atomic mass is 9.30. The van der Waals surface area contributed by atoms with Crippen molar-refractivity contribution >= 4 is 7.28 Å². The van der Waals surface area contributed by atoms with Gasteiger partial charge in [-0.2, -0.15) is 0 Å². The summed E-state index contributed by atoms with van der Waals surface area (Å²) in [5, 5.41) is 1.12. The molecule has 4 aliphatic rings. The Morgan fingerprint density at radius 1 is 1.00 bits per heavy atom. The number of hydrogen-bond donors (Lipinski definition) is 0. The van der Waals surface area contributed by atoms with Crippen molar-refractivity contribution in [2.75, 3.05) is 0 Å². The van der Waals surface area contributed by atoms with Crippen LogP contribution in [0.2, 0.25) is 10.6 Å². The van der Waals surface area contributed by atoms with Crippen molar-refractivity contribution in [2.24, 2.45) is 17.8 Å². The van der Waals surface area contributed by atoms with Crippen molar-refractivity contribution in [2.45, 2.75) is 76.3 Å². The second-order valence-electron chi connectivity index (χ2n) is 7.77. The molecule has 0 aromatic rings. The average molecular weight is 217 g/mol. The SMILES string of the molecule is CCC(C)(C)[B]C12CC3CC(CC(C3)C1)C2. The third kappa shape index (κ3) is 1.85. The smallest absolute Gasteiger partial charge is 0.0671 e. The lowest BCUT2D eigenvalue weighted by Crippen LogP contribution is -2.46. The zero-order valence-electron chi connectivity index (χ0n) is 11.3. The van der Waals surface area contributed by atoms with Gasteiger partial charge in [0.15, 0.2) is 0 Å². The van der Waals surface area contributed by atoms with E-state index in [0.29, 0.717) is 10.6 Å². The van der Waals surface area contributed by atoms with Crippen LogP contribution in [-0.4, -0.2) is 7.28 Å². The van der Waals surface area contributed by atoms with Gasteiger partial charge in [0.25, 0.3) is 0 Å². The molecule has 0 nitrogen and oxygen atoms in total. The minimum absolute atomic E-state index is 0.464. The molecule has 89 valence electrons. The summed E-state index contributed by atoms with van der Waals surface area (Å²) in [5.74, 6) is 3.28. The van der Waals surface area contributed by atoms with Gasteiger partial charge in [-0.05, 0) is 37.0 Å². The van der Waals surface area contributed by atoms with Gasteiger partial charge in [0.05, 0.1) is 0 Å². The van der Waals surface area contributed by atoms with Crippen LogP contribution in [0.1, 0.15) is 65.7 Å². The third-order valence-electron chi connectivity index (χ3n) is 5.69. The molecule has 0 N–H and O–H groups in total. The van der Waals surface area contributed by atoms with E-state index in [4.69, 9.17) is 0 Å². The van der Waals surface area contributed by atoms with Crippen molar-refractivity contribution in [3.05, 3.63) is 0 Å². The van der Waals surface area contributed by atoms with Gasteiger partial charge in [-0.1, -0.05) is 57.1 Å². The molecule has 1 heteroatoms. The summed E-state index contributed by atoms with van der Waals surface area (Å²) in [6, 6.07) is 0. The Bertz CT molecular complexity index is 244. The van der Waals surface area contributed by atoms with Crippen LogP contribution in [-0.2, 0) is 0 Å². The first-order valence-electron chi connectivity index (χ1n) is 7.37. The van der Waals surface area contributed by atoms with Gasteiger partial charge in [-0.15, -0.1) is 0 Å². The van der Waals surface area contributed by atoms with Crippen LogP contribution < -0.4 is 0 Å². The van der Waals surface area contributed by atoms with Crippen molar-refractivity contribution < 1.29 is 0 Å². The quantitative estimate of drug-likeness (QED) is 0.601. The molecule has 0 saturated heterocycles. The Hall–Kier alpha value is 0.0649. The van der Waals surface area contributed by atoms with Gasteiger partial charge in [0.2, 0.25) is 0 Å². The van der Waals surface area contributed by atoms with Crippen molar-refractivity contribution in [1.82, 2.24) is 0 Å². The van der Waals surface area contributed by atoms with E-state index in [1.165, 1.54) is 25.7 Å². The summed E-state index contributed by atoms with van der Waals surface area (Å²) in [6.07, 6.45) is 10.6. The van der Waals surface area contributed by atoms with E-state index in [1.54, 1.807) is 19.3 Å². The minimum Gasteiger partial charge on any atom is -0.0671 e. The van der Waals surface area contributed by atoms with Crippen LogP contribution in [0.25, 0.3) is 0 Å². The summed E-state index contributed by atoms with van der Waals surface area (Å²) < 4.78 is 0. The Kier molecular flexibility index (Phi) is 2.46. The van der Waals surface area contributed by atoms with Gasteiger partial charge in [0, 0.05) is 0 Å². The maximum atomic E-state index is 2.78. The lowest BCUT2D eigenvalue weighted by Gasteiger charge is -2.58. The second kappa shape index (κ2) is 3.53. The summed E-state index contributed by atoms with van der Waals surface area (Å²) in [6.45, 7) is 7.22. The first-order chi connectivity index (χ1) is 7.50. The molecule has 0 aromatic heterocycles. The van der Waals surface area contributed by atoms with Gasteiger partial charge in [-0.25, -0.2) is 0 Å². The molecule has 0 heterocycles.